The standard InChI is InChI=1S/C13H18ClN5/c1-4-6-10-15-12(14)9(3)13(16-10)17-11-7-8-19(5-2)18-11/h7-8H,4-6H2,1-3H3,(H,15,16,17,18). The van der Waals surface area contributed by atoms with Crippen LogP contribution in [0.25, 0.3) is 0 Å². The van der Waals surface area contributed by atoms with Crippen molar-refractivity contribution >= 4 is 23.2 Å². The van der Waals surface area contributed by atoms with E-state index in [0.717, 1.165) is 42.4 Å². The predicted molar refractivity (Wildman–Crippen MR) is 77.0 cm³/mol. The molecule has 2 rings (SSSR count). The molecule has 0 aliphatic rings. The lowest BCUT2D eigenvalue weighted by atomic mass is 10.3. The van der Waals surface area contributed by atoms with Gasteiger partial charge in [-0.1, -0.05) is 18.5 Å². The van der Waals surface area contributed by atoms with Gasteiger partial charge in [-0.3, -0.25) is 4.68 Å². The highest BCUT2D eigenvalue weighted by atomic mass is 35.5. The van der Waals surface area contributed by atoms with Gasteiger partial charge >= 0.3 is 0 Å². The first-order chi connectivity index (χ1) is 9.13. The molecule has 0 aromatic carbocycles. The molecule has 0 atom stereocenters. The third-order valence-electron chi connectivity index (χ3n) is 2.82. The van der Waals surface area contributed by atoms with Crippen LogP contribution in [-0.2, 0) is 13.0 Å². The van der Waals surface area contributed by atoms with E-state index in [1.54, 1.807) is 0 Å². The van der Waals surface area contributed by atoms with E-state index in [9.17, 15) is 0 Å². The van der Waals surface area contributed by atoms with Crippen molar-refractivity contribution in [3.63, 3.8) is 0 Å². The van der Waals surface area contributed by atoms with Crippen LogP contribution in [-0.4, -0.2) is 19.7 Å². The van der Waals surface area contributed by atoms with Gasteiger partial charge in [-0.2, -0.15) is 5.10 Å². The molecule has 5 nitrogen and oxygen atoms in total. The molecule has 1 N–H and O–H groups in total. The van der Waals surface area contributed by atoms with Crippen molar-refractivity contribution in [3.05, 3.63) is 28.8 Å². The molecule has 6 heteroatoms. The van der Waals surface area contributed by atoms with Crippen LogP contribution in [0.1, 0.15) is 31.7 Å². The molecule has 19 heavy (non-hydrogen) atoms. The Balaban J connectivity index is 2.27. The highest BCUT2D eigenvalue weighted by Crippen LogP contribution is 2.23. The third kappa shape index (κ3) is 3.23. The predicted octanol–water partition coefficient (Wildman–Crippen LogP) is 3.35. The molecule has 2 heterocycles. The minimum atomic E-state index is 0.496. The van der Waals surface area contributed by atoms with Crippen molar-refractivity contribution in [3.8, 4) is 0 Å². The van der Waals surface area contributed by atoms with Crippen LogP contribution in [0.3, 0.4) is 0 Å². The maximum Gasteiger partial charge on any atom is 0.153 e. The van der Waals surface area contributed by atoms with Gasteiger partial charge in [0.2, 0.25) is 0 Å². The van der Waals surface area contributed by atoms with Crippen molar-refractivity contribution in [2.24, 2.45) is 0 Å². The number of hydrogen-bond donors (Lipinski definition) is 1. The Bertz CT molecular complexity index is 564. The summed E-state index contributed by atoms with van der Waals surface area (Å²) in [4.78, 5) is 8.77. The second kappa shape index (κ2) is 6.02. The van der Waals surface area contributed by atoms with E-state index < -0.39 is 0 Å². The minimum absolute atomic E-state index is 0.496. The number of halogens is 1. The molecular formula is C13H18ClN5. The van der Waals surface area contributed by atoms with E-state index in [1.165, 1.54) is 0 Å². The SMILES string of the molecule is CCCc1nc(Cl)c(C)c(Nc2ccn(CC)n2)n1. The van der Waals surface area contributed by atoms with Crippen LogP contribution >= 0.6 is 11.6 Å². The molecule has 0 saturated carbocycles. The smallest absolute Gasteiger partial charge is 0.153 e. The molecule has 0 spiro atoms. The largest absolute Gasteiger partial charge is 0.323 e. The third-order valence-corrected chi connectivity index (χ3v) is 3.19. The van der Waals surface area contributed by atoms with Gasteiger partial charge in [0.1, 0.15) is 16.8 Å². The molecule has 0 saturated heterocycles. The zero-order valence-corrected chi connectivity index (χ0v) is 12.2. The zero-order chi connectivity index (χ0) is 13.8. The minimum Gasteiger partial charge on any atom is -0.323 e. The fourth-order valence-electron chi connectivity index (χ4n) is 1.72. The number of anilines is 2. The number of nitrogens with one attached hydrogen (secondary N) is 1. The summed E-state index contributed by atoms with van der Waals surface area (Å²) in [5.74, 6) is 2.25. The highest BCUT2D eigenvalue weighted by Gasteiger charge is 2.10. The Morgan fingerprint density at radius 2 is 2.11 bits per heavy atom. The quantitative estimate of drug-likeness (QED) is 0.853. The Morgan fingerprint density at radius 1 is 1.32 bits per heavy atom. The first-order valence-corrected chi connectivity index (χ1v) is 6.85. The molecule has 2 aromatic rings. The van der Waals surface area contributed by atoms with Crippen LogP contribution in [0.5, 0.6) is 0 Å². The Labute approximate surface area is 118 Å². The normalized spacial score (nSPS) is 10.7. The average Bonchev–Trinajstić information content (AvgIpc) is 2.83. The van der Waals surface area contributed by atoms with E-state index in [0.29, 0.717) is 5.15 Å². The maximum atomic E-state index is 6.14. The van der Waals surface area contributed by atoms with Gasteiger partial charge in [0.05, 0.1) is 0 Å². The van der Waals surface area contributed by atoms with Crippen molar-refractivity contribution in [1.29, 1.82) is 0 Å². The number of rotatable bonds is 5. The summed E-state index contributed by atoms with van der Waals surface area (Å²) in [6, 6.07) is 1.92. The van der Waals surface area contributed by atoms with Gasteiger partial charge in [0, 0.05) is 30.8 Å². The molecule has 0 aliphatic carbocycles. The molecular weight excluding hydrogens is 262 g/mol. The summed E-state index contributed by atoms with van der Waals surface area (Å²) in [6.45, 7) is 6.87. The number of nitrogens with zero attached hydrogens (tertiary/aromatic N) is 4. The Hall–Kier alpha value is -1.62. The lowest BCUT2D eigenvalue weighted by molar-refractivity contribution is 0.662. The molecule has 0 fully saturated rings. The molecule has 2 aromatic heterocycles. The van der Waals surface area contributed by atoms with E-state index in [4.69, 9.17) is 11.6 Å². The monoisotopic (exact) mass is 279 g/mol. The first-order valence-electron chi connectivity index (χ1n) is 6.47. The fraction of sp³-hybridized carbons (Fsp3) is 0.462. The second-order valence-corrected chi connectivity index (χ2v) is 4.69. The molecule has 0 amide bonds. The van der Waals surface area contributed by atoms with Crippen LogP contribution < -0.4 is 5.32 Å². The summed E-state index contributed by atoms with van der Waals surface area (Å²) < 4.78 is 1.85. The zero-order valence-electron chi connectivity index (χ0n) is 11.4. The highest BCUT2D eigenvalue weighted by molar-refractivity contribution is 6.30. The molecule has 0 radical (unpaired) electrons. The van der Waals surface area contributed by atoms with Crippen molar-refractivity contribution in [2.75, 3.05) is 5.32 Å². The van der Waals surface area contributed by atoms with Crippen LogP contribution in [0.4, 0.5) is 11.6 Å². The van der Waals surface area contributed by atoms with E-state index in [2.05, 4.69) is 27.3 Å². The first kappa shape index (κ1) is 13.8. The van der Waals surface area contributed by atoms with Gasteiger partial charge in [0.25, 0.3) is 0 Å². The van der Waals surface area contributed by atoms with Crippen LogP contribution in [0, 0.1) is 6.92 Å². The second-order valence-electron chi connectivity index (χ2n) is 4.34. The topological polar surface area (TPSA) is 55.6 Å². The fourth-order valence-corrected chi connectivity index (χ4v) is 1.90. The van der Waals surface area contributed by atoms with E-state index in [1.807, 2.05) is 30.8 Å². The summed E-state index contributed by atoms with van der Waals surface area (Å²) >= 11 is 6.14. The lowest BCUT2D eigenvalue weighted by Gasteiger charge is -2.09. The van der Waals surface area contributed by atoms with Gasteiger partial charge in [0.15, 0.2) is 5.82 Å². The summed E-state index contributed by atoms with van der Waals surface area (Å²) in [5, 5.41) is 8.07. The van der Waals surface area contributed by atoms with E-state index >= 15 is 0 Å². The molecule has 0 bridgehead atoms. The van der Waals surface area contributed by atoms with Crippen molar-refractivity contribution < 1.29 is 0 Å². The van der Waals surface area contributed by atoms with Crippen LogP contribution in [0.15, 0.2) is 12.3 Å². The van der Waals surface area contributed by atoms with Crippen molar-refractivity contribution in [1.82, 2.24) is 19.7 Å². The molecule has 0 aliphatic heterocycles. The van der Waals surface area contributed by atoms with Gasteiger partial charge in [-0.15, -0.1) is 0 Å². The van der Waals surface area contributed by atoms with Gasteiger partial charge < -0.3 is 5.32 Å². The summed E-state index contributed by atoms with van der Waals surface area (Å²) in [7, 11) is 0. The number of aromatic nitrogens is 4. The van der Waals surface area contributed by atoms with Crippen LogP contribution in [0.2, 0.25) is 5.15 Å². The lowest BCUT2D eigenvalue weighted by Crippen LogP contribution is -2.04. The average molecular weight is 280 g/mol. The van der Waals surface area contributed by atoms with Gasteiger partial charge in [-0.25, -0.2) is 9.97 Å². The summed E-state index contributed by atoms with van der Waals surface area (Å²) in [5.41, 5.74) is 0.840. The van der Waals surface area contributed by atoms with Crippen molar-refractivity contribution in [2.45, 2.75) is 40.2 Å². The molecule has 102 valence electrons. The van der Waals surface area contributed by atoms with Gasteiger partial charge in [-0.05, 0) is 20.3 Å². The number of aryl methyl sites for hydroxylation is 2. The number of hydrogen-bond acceptors (Lipinski definition) is 4. The Morgan fingerprint density at radius 3 is 2.74 bits per heavy atom. The molecule has 0 unspecified atom stereocenters. The maximum absolute atomic E-state index is 6.14. The Kier molecular flexibility index (Phi) is 4.37. The van der Waals surface area contributed by atoms with E-state index in [-0.39, 0.29) is 0 Å². The summed E-state index contributed by atoms with van der Waals surface area (Å²) in [6.07, 6.45) is 3.73.